The van der Waals surface area contributed by atoms with Crippen molar-refractivity contribution in [2.24, 2.45) is 0 Å². The number of benzene rings is 2. The summed E-state index contributed by atoms with van der Waals surface area (Å²) < 4.78 is 11.9. The molecule has 0 aliphatic heterocycles. The number of para-hydroxylation sites is 1. The molecule has 2 heteroatoms. The molecule has 0 spiro atoms. The second kappa shape index (κ2) is 7.74. The molecule has 0 saturated heterocycles. The third-order valence-electron chi connectivity index (χ3n) is 4.78. The molecule has 1 aliphatic rings. The minimum atomic E-state index is 0.227. The molecule has 0 bridgehead atoms. The summed E-state index contributed by atoms with van der Waals surface area (Å²) in [6, 6.07) is 17.0. The normalized spacial score (nSPS) is 20.8. The lowest BCUT2D eigenvalue weighted by molar-refractivity contribution is 0.145. The van der Waals surface area contributed by atoms with Crippen LogP contribution in [0.4, 0.5) is 0 Å². The van der Waals surface area contributed by atoms with E-state index in [4.69, 9.17) is 9.47 Å². The van der Waals surface area contributed by atoms with Crippen molar-refractivity contribution < 1.29 is 9.47 Å². The maximum Gasteiger partial charge on any atom is 0.122 e. The van der Waals surface area contributed by atoms with E-state index in [0.29, 0.717) is 12.0 Å². The molecule has 2 aromatic carbocycles. The predicted octanol–water partition coefficient (Wildman–Crippen LogP) is 5.89. The third-order valence-corrected chi connectivity index (χ3v) is 4.78. The van der Waals surface area contributed by atoms with Gasteiger partial charge < -0.3 is 9.47 Å². The topological polar surface area (TPSA) is 18.5 Å². The zero-order valence-corrected chi connectivity index (χ0v) is 15.0. The molecule has 2 nitrogen and oxygen atoms in total. The Hall–Kier alpha value is -1.96. The molecule has 1 saturated carbocycles. The second-order valence-electron chi connectivity index (χ2n) is 7.09. The Kier molecular flexibility index (Phi) is 5.44. The fourth-order valence-electron chi connectivity index (χ4n) is 3.47. The smallest absolute Gasteiger partial charge is 0.122 e. The summed E-state index contributed by atoms with van der Waals surface area (Å²) >= 11 is 0. The lowest BCUT2D eigenvalue weighted by atomic mass is 9.82. The third kappa shape index (κ3) is 4.31. The average Bonchev–Trinajstić information content (AvgIpc) is 2.58. The molecule has 0 radical (unpaired) electrons. The van der Waals surface area contributed by atoms with Crippen LogP contribution in [0, 0.1) is 6.92 Å². The van der Waals surface area contributed by atoms with Crippen LogP contribution in [0.2, 0.25) is 0 Å². The molecule has 2 aromatic rings. The first-order valence-corrected chi connectivity index (χ1v) is 9.10. The molecule has 1 aliphatic carbocycles. The van der Waals surface area contributed by atoms with Crippen LogP contribution in [-0.2, 0) is 0 Å². The van der Waals surface area contributed by atoms with Gasteiger partial charge in [0, 0.05) is 0 Å². The number of hydrogen-bond acceptors (Lipinski definition) is 2. The summed E-state index contributed by atoms with van der Waals surface area (Å²) in [5.74, 6) is 2.65. The van der Waals surface area contributed by atoms with Crippen molar-refractivity contribution in [3.63, 3.8) is 0 Å². The van der Waals surface area contributed by atoms with Crippen molar-refractivity contribution in [1.82, 2.24) is 0 Å². The minimum absolute atomic E-state index is 0.227. The van der Waals surface area contributed by atoms with Gasteiger partial charge in [-0.25, -0.2) is 0 Å². The minimum Gasteiger partial charge on any atom is -0.491 e. The standard InChI is InChI=1S/C22H28O2/c1-16(2)23-20-12-8-18(9-13-20)19-10-14-21(15-11-19)24-22-7-5-4-6-17(22)3/h4-9,12-13,16,19,21H,10-11,14-15H2,1-3H3/t19-,21-. The Balaban J connectivity index is 1.54. The van der Waals surface area contributed by atoms with E-state index in [9.17, 15) is 0 Å². The van der Waals surface area contributed by atoms with Gasteiger partial charge in [0.05, 0.1) is 12.2 Å². The van der Waals surface area contributed by atoms with Crippen LogP contribution < -0.4 is 9.47 Å². The van der Waals surface area contributed by atoms with Gasteiger partial charge in [-0.1, -0.05) is 30.3 Å². The van der Waals surface area contributed by atoms with Crippen molar-refractivity contribution in [2.45, 2.75) is 64.6 Å². The lowest BCUT2D eigenvalue weighted by Gasteiger charge is -2.29. The summed E-state index contributed by atoms with van der Waals surface area (Å²) in [4.78, 5) is 0. The van der Waals surface area contributed by atoms with Crippen molar-refractivity contribution in [3.05, 3.63) is 59.7 Å². The highest BCUT2D eigenvalue weighted by molar-refractivity contribution is 5.32. The predicted molar refractivity (Wildman–Crippen MR) is 99.0 cm³/mol. The van der Waals surface area contributed by atoms with Gasteiger partial charge in [0.2, 0.25) is 0 Å². The highest BCUT2D eigenvalue weighted by atomic mass is 16.5. The van der Waals surface area contributed by atoms with Crippen LogP contribution >= 0.6 is 0 Å². The van der Waals surface area contributed by atoms with Crippen LogP contribution in [0.3, 0.4) is 0 Å². The summed E-state index contributed by atoms with van der Waals surface area (Å²) in [6.07, 6.45) is 5.23. The van der Waals surface area contributed by atoms with Crippen LogP contribution in [0.1, 0.15) is 56.6 Å². The maximum atomic E-state index is 6.21. The molecule has 0 unspecified atom stereocenters. The summed E-state index contributed by atoms with van der Waals surface area (Å²) in [7, 11) is 0. The summed E-state index contributed by atoms with van der Waals surface area (Å²) in [5, 5.41) is 0. The van der Waals surface area contributed by atoms with Gasteiger partial charge >= 0.3 is 0 Å². The van der Waals surface area contributed by atoms with Gasteiger partial charge in [-0.15, -0.1) is 0 Å². The first kappa shape index (κ1) is 16.9. The SMILES string of the molecule is Cc1ccccc1O[C@H]1CC[C@H](c2ccc(OC(C)C)cc2)CC1. The molecule has 0 atom stereocenters. The van der Waals surface area contributed by atoms with Gasteiger partial charge in [-0.05, 0) is 81.7 Å². The average molecular weight is 324 g/mol. The molecule has 3 rings (SSSR count). The van der Waals surface area contributed by atoms with Gasteiger partial charge in [0.25, 0.3) is 0 Å². The molecule has 128 valence electrons. The first-order valence-electron chi connectivity index (χ1n) is 9.10. The molecule has 0 amide bonds. The zero-order valence-electron chi connectivity index (χ0n) is 15.0. The molecule has 24 heavy (non-hydrogen) atoms. The van der Waals surface area contributed by atoms with E-state index in [1.807, 2.05) is 0 Å². The summed E-state index contributed by atoms with van der Waals surface area (Å²) in [5.41, 5.74) is 2.65. The zero-order chi connectivity index (χ0) is 16.9. The van der Waals surface area contributed by atoms with E-state index < -0.39 is 0 Å². The molecule has 1 fully saturated rings. The van der Waals surface area contributed by atoms with Crippen LogP contribution in [-0.4, -0.2) is 12.2 Å². The van der Waals surface area contributed by atoms with Gasteiger partial charge in [0.1, 0.15) is 11.5 Å². The molecular weight excluding hydrogens is 296 g/mol. The van der Waals surface area contributed by atoms with E-state index in [1.54, 1.807) is 0 Å². The molecule has 0 aromatic heterocycles. The largest absolute Gasteiger partial charge is 0.491 e. The van der Waals surface area contributed by atoms with E-state index in [0.717, 1.165) is 24.3 Å². The van der Waals surface area contributed by atoms with Crippen molar-refractivity contribution >= 4 is 0 Å². The van der Waals surface area contributed by atoms with E-state index >= 15 is 0 Å². The van der Waals surface area contributed by atoms with Crippen molar-refractivity contribution in [2.75, 3.05) is 0 Å². The second-order valence-corrected chi connectivity index (χ2v) is 7.09. The fourth-order valence-corrected chi connectivity index (χ4v) is 3.47. The quantitative estimate of drug-likeness (QED) is 0.683. The van der Waals surface area contributed by atoms with E-state index in [2.05, 4.69) is 69.3 Å². The Morgan fingerprint density at radius 1 is 0.875 bits per heavy atom. The van der Waals surface area contributed by atoms with Crippen LogP contribution in [0.25, 0.3) is 0 Å². The monoisotopic (exact) mass is 324 g/mol. The number of rotatable bonds is 5. The van der Waals surface area contributed by atoms with E-state index in [-0.39, 0.29) is 6.10 Å². The van der Waals surface area contributed by atoms with Gasteiger partial charge in [0.15, 0.2) is 0 Å². The van der Waals surface area contributed by atoms with Gasteiger partial charge in [-0.2, -0.15) is 0 Å². The number of hydrogen-bond donors (Lipinski definition) is 0. The molecule has 0 N–H and O–H groups in total. The van der Waals surface area contributed by atoms with Crippen LogP contribution in [0.5, 0.6) is 11.5 Å². The Bertz CT molecular complexity index is 637. The number of ether oxygens (including phenoxy) is 2. The van der Waals surface area contributed by atoms with Gasteiger partial charge in [-0.3, -0.25) is 0 Å². The highest BCUT2D eigenvalue weighted by Gasteiger charge is 2.23. The molecule has 0 heterocycles. The maximum absolute atomic E-state index is 6.21. The fraction of sp³-hybridized carbons (Fsp3) is 0.455. The Morgan fingerprint density at radius 2 is 1.54 bits per heavy atom. The van der Waals surface area contributed by atoms with Crippen molar-refractivity contribution in [1.29, 1.82) is 0 Å². The lowest BCUT2D eigenvalue weighted by Crippen LogP contribution is -2.23. The van der Waals surface area contributed by atoms with Crippen LogP contribution in [0.15, 0.2) is 48.5 Å². The molecular formula is C22H28O2. The van der Waals surface area contributed by atoms with E-state index in [1.165, 1.54) is 24.0 Å². The number of aryl methyl sites for hydroxylation is 1. The first-order chi connectivity index (χ1) is 11.6. The van der Waals surface area contributed by atoms with Crippen molar-refractivity contribution in [3.8, 4) is 11.5 Å². The highest BCUT2D eigenvalue weighted by Crippen LogP contribution is 2.35. The Morgan fingerprint density at radius 3 is 2.17 bits per heavy atom. The summed E-state index contributed by atoms with van der Waals surface area (Å²) in [6.45, 7) is 6.23. The Labute approximate surface area is 145 Å².